The molecule has 1 amide bonds. The second-order valence-electron chi connectivity index (χ2n) is 4.20. The first-order chi connectivity index (χ1) is 8.99. The van der Waals surface area contributed by atoms with Crippen molar-refractivity contribution < 1.29 is 19.4 Å². The molecule has 19 heavy (non-hydrogen) atoms. The maximum atomic E-state index is 12.3. The molecule has 1 aromatic rings. The molecule has 0 saturated carbocycles. The lowest BCUT2D eigenvalue weighted by atomic mass is 10.1. The van der Waals surface area contributed by atoms with Crippen molar-refractivity contribution in [2.75, 3.05) is 25.5 Å². The Morgan fingerprint density at radius 3 is 2.79 bits per heavy atom. The molecule has 0 aliphatic carbocycles. The number of morpholine rings is 1. The van der Waals surface area contributed by atoms with Gasteiger partial charge in [0, 0.05) is 22.8 Å². The highest BCUT2D eigenvalue weighted by molar-refractivity contribution is 6.31. The SMILES string of the molecule is Nc1cc(Cl)cc(C(=O)N2CCOCC2C(=O)O)c1. The highest BCUT2D eigenvalue weighted by Crippen LogP contribution is 2.20. The Balaban J connectivity index is 2.28. The Morgan fingerprint density at radius 1 is 1.42 bits per heavy atom. The van der Waals surface area contributed by atoms with Crippen molar-refractivity contribution in [1.82, 2.24) is 4.90 Å². The van der Waals surface area contributed by atoms with Crippen LogP contribution in [0.4, 0.5) is 5.69 Å². The van der Waals surface area contributed by atoms with E-state index in [1.54, 1.807) is 0 Å². The summed E-state index contributed by atoms with van der Waals surface area (Å²) in [6.07, 6.45) is 0. The van der Waals surface area contributed by atoms with E-state index < -0.39 is 17.9 Å². The van der Waals surface area contributed by atoms with E-state index in [2.05, 4.69) is 0 Å². The van der Waals surface area contributed by atoms with Crippen molar-refractivity contribution in [3.05, 3.63) is 28.8 Å². The third-order valence-corrected chi connectivity index (χ3v) is 3.06. The number of amides is 1. The quantitative estimate of drug-likeness (QED) is 0.785. The summed E-state index contributed by atoms with van der Waals surface area (Å²) in [4.78, 5) is 24.7. The molecule has 6 nitrogen and oxygen atoms in total. The van der Waals surface area contributed by atoms with Crippen molar-refractivity contribution in [3.63, 3.8) is 0 Å². The first-order valence-corrected chi connectivity index (χ1v) is 6.04. The van der Waals surface area contributed by atoms with Crippen LogP contribution in [0.5, 0.6) is 0 Å². The Kier molecular flexibility index (Phi) is 3.92. The van der Waals surface area contributed by atoms with Gasteiger partial charge in [-0.1, -0.05) is 11.6 Å². The standard InChI is InChI=1S/C12H13ClN2O4/c13-8-3-7(4-9(14)5-8)11(16)15-1-2-19-6-10(15)12(17)18/h3-5,10H,1-2,6,14H2,(H,17,18). The molecule has 0 radical (unpaired) electrons. The fourth-order valence-electron chi connectivity index (χ4n) is 1.95. The van der Waals surface area contributed by atoms with Crippen molar-refractivity contribution in [2.45, 2.75) is 6.04 Å². The van der Waals surface area contributed by atoms with Gasteiger partial charge in [0.25, 0.3) is 5.91 Å². The number of carbonyl (C=O) groups excluding carboxylic acids is 1. The molecule has 1 fully saturated rings. The van der Waals surface area contributed by atoms with Crippen molar-refractivity contribution in [1.29, 1.82) is 0 Å². The van der Waals surface area contributed by atoms with Gasteiger partial charge in [0.2, 0.25) is 0 Å². The van der Waals surface area contributed by atoms with E-state index >= 15 is 0 Å². The molecular formula is C12H13ClN2O4. The highest BCUT2D eigenvalue weighted by Gasteiger charge is 2.33. The number of anilines is 1. The van der Waals surface area contributed by atoms with Crippen LogP contribution in [0.25, 0.3) is 0 Å². The normalized spacial score (nSPS) is 19.2. The number of hydrogen-bond donors (Lipinski definition) is 2. The predicted octanol–water partition coefficient (Wildman–Crippen LogP) is 0.848. The molecule has 102 valence electrons. The number of rotatable bonds is 2. The average Bonchev–Trinajstić information content (AvgIpc) is 2.36. The van der Waals surface area contributed by atoms with E-state index in [0.717, 1.165) is 0 Å². The number of carboxylic acid groups (broad SMARTS) is 1. The molecule has 1 heterocycles. The topological polar surface area (TPSA) is 92.9 Å². The summed E-state index contributed by atoms with van der Waals surface area (Å²) in [5.74, 6) is -1.51. The van der Waals surface area contributed by atoms with Crippen LogP contribution >= 0.6 is 11.6 Å². The Hall–Kier alpha value is -1.79. The van der Waals surface area contributed by atoms with Gasteiger partial charge in [0.05, 0.1) is 13.2 Å². The molecule has 1 aliphatic heterocycles. The molecule has 3 N–H and O–H groups in total. The fraction of sp³-hybridized carbons (Fsp3) is 0.333. The van der Waals surface area contributed by atoms with E-state index in [1.807, 2.05) is 0 Å². The van der Waals surface area contributed by atoms with Gasteiger partial charge in [-0.05, 0) is 18.2 Å². The molecule has 1 unspecified atom stereocenters. The van der Waals surface area contributed by atoms with Crippen LogP contribution in [0.1, 0.15) is 10.4 Å². The summed E-state index contributed by atoms with van der Waals surface area (Å²) in [5, 5.41) is 9.43. The number of benzene rings is 1. The smallest absolute Gasteiger partial charge is 0.328 e. The Morgan fingerprint density at radius 2 is 2.16 bits per heavy atom. The summed E-state index contributed by atoms with van der Waals surface area (Å²) >= 11 is 5.84. The van der Waals surface area contributed by atoms with Crippen molar-refractivity contribution >= 4 is 29.2 Å². The third kappa shape index (κ3) is 2.97. The Bertz CT molecular complexity index is 500. The summed E-state index contributed by atoms with van der Waals surface area (Å²) in [5.41, 5.74) is 6.26. The van der Waals surface area contributed by atoms with Gasteiger partial charge >= 0.3 is 5.97 Å². The number of halogens is 1. The summed E-state index contributed by atoms with van der Waals surface area (Å²) in [6.45, 7) is 0.519. The molecule has 2 rings (SSSR count). The molecule has 1 atom stereocenters. The maximum Gasteiger partial charge on any atom is 0.328 e. The second-order valence-corrected chi connectivity index (χ2v) is 4.64. The maximum absolute atomic E-state index is 12.3. The number of nitrogens with zero attached hydrogens (tertiary/aromatic N) is 1. The van der Waals surface area contributed by atoms with Crippen LogP contribution in [-0.2, 0) is 9.53 Å². The largest absolute Gasteiger partial charge is 0.480 e. The molecule has 7 heteroatoms. The number of carbonyl (C=O) groups is 2. The zero-order chi connectivity index (χ0) is 14.0. The lowest BCUT2D eigenvalue weighted by Crippen LogP contribution is -2.52. The van der Waals surface area contributed by atoms with Crippen LogP contribution in [0.2, 0.25) is 5.02 Å². The summed E-state index contributed by atoms with van der Waals surface area (Å²) in [7, 11) is 0. The molecule has 1 aromatic carbocycles. The van der Waals surface area contributed by atoms with Gasteiger partial charge in [0.15, 0.2) is 6.04 Å². The molecule has 0 aromatic heterocycles. The van der Waals surface area contributed by atoms with Crippen LogP contribution < -0.4 is 5.73 Å². The van der Waals surface area contributed by atoms with E-state index in [-0.39, 0.29) is 18.7 Å². The number of carboxylic acids is 1. The average molecular weight is 285 g/mol. The zero-order valence-electron chi connectivity index (χ0n) is 10.0. The second kappa shape index (κ2) is 5.46. The van der Waals surface area contributed by atoms with E-state index in [9.17, 15) is 9.59 Å². The first kappa shape index (κ1) is 13.6. The van der Waals surface area contributed by atoms with Crippen LogP contribution in [0.15, 0.2) is 18.2 Å². The van der Waals surface area contributed by atoms with Gasteiger partial charge in [-0.15, -0.1) is 0 Å². The fourth-order valence-corrected chi connectivity index (χ4v) is 2.20. The lowest BCUT2D eigenvalue weighted by Gasteiger charge is -2.32. The molecule has 0 spiro atoms. The van der Waals surface area contributed by atoms with Crippen LogP contribution in [0.3, 0.4) is 0 Å². The number of ether oxygens (including phenoxy) is 1. The van der Waals surface area contributed by atoms with E-state index in [0.29, 0.717) is 17.3 Å². The molecule has 1 saturated heterocycles. The van der Waals surface area contributed by atoms with Crippen LogP contribution in [-0.4, -0.2) is 47.7 Å². The first-order valence-electron chi connectivity index (χ1n) is 5.66. The van der Waals surface area contributed by atoms with Gasteiger partial charge in [-0.25, -0.2) is 4.79 Å². The monoisotopic (exact) mass is 284 g/mol. The number of aliphatic carboxylic acids is 1. The van der Waals surface area contributed by atoms with E-state index in [4.69, 9.17) is 27.2 Å². The molecule has 1 aliphatic rings. The summed E-state index contributed by atoms with van der Waals surface area (Å²) < 4.78 is 5.08. The van der Waals surface area contributed by atoms with Gasteiger partial charge in [0.1, 0.15) is 0 Å². The van der Waals surface area contributed by atoms with Crippen molar-refractivity contribution in [3.8, 4) is 0 Å². The predicted molar refractivity (Wildman–Crippen MR) is 69.1 cm³/mol. The minimum absolute atomic E-state index is 0.0167. The third-order valence-electron chi connectivity index (χ3n) is 2.84. The van der Waals surface area contributed by atoms with Crippen LogP contribution in [0, 0.1) is 0 Å². The lowest BCUT2D eigenvalue weighted by molar-refractivity contribution is -0.147. The summed E-state index contributed by atoms with van der Waals surface area (Å²) in [6, 6.07) is 3.48. The highest BCUT2D eigenvalue weighted by atomic mass is 35.5. The Labute approximate surface area is 114 Å². The van der Waals surface area contributed by atoms with Gasteiger partial charge in [-0.2, -0.15) is 0 Å². The number of nitrogen functional groups attached to an aromatic ring is 1. The minimum Gasteiger partial charge on any atom is -0.480 e. The van der Waals surface area contributed by atoms with Gasteiger partial charge < -0.3 is 20.5 Å². The molecule has 0 bridgehead atoms. The number of nitrogens with two attached hydrogens (primary N) is 1. The van der Waals surface area contributed by atoms with Gasteiger partial charge in [-0.3, -0.25) is 4.79 Å². The number of hydrogen-bond acceptors (Lipinski definition) is 4. The zero-order valence-corrected chi connectivity index (χ0v) is 10.8. The minimum atomic E-state index is -1.09. The van der Waals surface area contributed by atoms with Crippen molar-refractivity contribution in [2.24, 2.45) is 0 Å². The molecular weight excluding hydrogens is 272 g/mol. The van der Waals surface area contributed by atoms with E-state index in [1.165, 1.54) is 23.1 Å².